The molecule has 0 radical (unpaired) electrons. The predicted octanol–water partition coefficient (Wildman–Crippen LogP) is 3.12. The van der Waals surface area contributed by atoms with Crippen LogP contribution in [0.4, 0.5) is 0 Å². The number of carbonyl (C=O) groups is 1. The molecule has 1 aliphatic carbocycles. The summed E-state index contributed by atoms with van der Waals surface area (Å²) in [4.78, 5) is 17.0. The Kier molecular flexibility index (Phi) is 5.29. The molecule has 2 N–H and O–H groups in total. The van der Waals surface area contributed by atoms with Crippen molar-refractivity contribution in [2.45, 2.75) is 56.9 Å². The summed E-state index contributed by atoms with van der Waals surface area (Å²) in [5, 5.41) is 10.3. The first kappa shape index (κ1) is 17.2. The number of benzene rings is 1. The molecule has 0 bridgehead atoms. The lowest BCUT2D eigenvalue weighted by atomic mass is 9.90. The average Bonchev–Trinajstić information content (AvgIpc) is 3.38. The van der Waals surface area contributed by atoms with Crippen LogP contribution in [0.3, 0.4) is 0 Å². The molecule has 2 aliphatic rings. The normalized spacial score (nSPS) is 21.0. The van der Waals surface area contributed by atoms with Crippen molar-refractivity contribution < 1.29 is 9.32 Å². The van der Waals surface area contributed by atoms with E-state index in [0.717, 1.165) is 31.8 Å². The first-order chi connectivity index (χ1) is 12.8. The van der Waals surface area contributed by atoms with Gasteiger partial charge >= 0.3 is 0 Å². The monoisotopic (exact) mass is 354 g/mol. The molecule has 1 saturated heterocycles. The fourth-order valence-corrected chi connectivity index (χ4v) is 4.01. The molecule has 1 atom stereocenters. The highest BCUT2D eigenvalue weighted by atomic mass is 16.5. The molecule has 1 aromatic heterocycles. The van der Waals surface area contributed by atoms with Crippen LogP contribution in [0.25, 0.3) is 0 Å². The molecule has 4 rings (SSSR count). The molecule has 1 amide bonds. The lowest BCUT2D eigenvalue weighted by Gasteiger charge is -2.23. The summed E-state index contributed by atoms with van der Waals surface area (Å²) < 4.78 is 5.37. The van der Waals surface area contributed by atoms with Gasteiger partial charge in [0.05, 0.1) is 6.54 Å². The number of nitrogens with one attached hydrogen (secondary N) is 2. The van der Waals surface area contributed by atoms with Gasteiger partial charge in [0, 0.05) is 18.0 Å². The second-order valence-corrected chi connectivity index (χ2v) is 7.38. The number of carbonyl (C=O) groups excluding carboxylic acids is 1. The highest BCUT2D eigenvalue weighted by Crippen LogP contribution is 2.32. The first-order valence-corrected chi connectivity index (χ1v) is 9.71. The smallest absolute Gasteiger partial charge is 0.251 e. The first-order valence-electron chi connectivity index (χ1n) is 9.71. The van der Waals surface area contributed by atoms with E-state index in [1.54, 1.807) is 0 Å². The molecule has 26 heavy (non-hydrogen) atoms. The Balaban J connectivity index is 1.36. The average molecular weight is 354 g/mol. The molecular weight excluding hydrogens is 328 g/mol. The number of piperidine rings is 1. The minimum atomic E-state index is -0.0946. The van der Waals surface area contributed by atoms with E-state index in [-0.39, 0.29) is 5.91 Å². The number of hydrogen-bond acceptors (Lipinski definition) is 5. The Morgan fingerprint density at radius 2 is 2.04 bits per heavy atom. The maximum atomic E-state index is 12.5. The van der Waals surface area contributed by atoms with Gasteiger partial charge in [-0.25, -0.2) is 0 Å². The standard InChI is InChI=1S/C20H26N4O2/c25-19(16-8-3-7-15(11-16)17-9-4-10-21-12-17)22-13-18-23-20(26-24-18)14-5-1-2-6-14/h3,7-8,11,14,17,21H,1-2,4-6,9-10,12-13H2,(H,22,25)/t17-/m1/s1. The van der Waals surface area contributed by atoms with Crippen LogP contribution < -0.4 is 10.6 Å². The fourth-order valence-electron chi connectivity index (χ4n) is 4.01. The van der Waals surface area contributed by atoms with Crippen LogP contribution in [0.15, 0.2) is 28.8 Å². The van der Waals surface area contributed by atoms with Crippen molar-refractivity contribution >= 4 is 5.91 Å². The van der Waals surface area contributed by atoms with Crippen molar-refractivity contribution in [2.75, 3.05) is 13.1 Å². The zero-order chi connectivity index (χ0) is 17.8. The quantitative estimate of drug-likeness (QED) is 0.862. The van der Waals surface area contributed by atoms with Gasteiger partial charge in [-0.05, 0) is 55.8 Å². The second-order valence-electron chi connectivity index (χ2n) is 7.38. The summed E-state index contributed by atoms with van der Waals surface area (Å²) in [6.45, 7) is 2.37. The third kappa shape index (κ3) is 3.96. The predicted molar refractivity (Wildman–Crippen MR) is 98.0 cm³/mol. The maximum absolute atomic E-state index is 12.5. The number of amides is 1. The Bertz CT molecular complexity index is 746. The Hall–Kier alpha value is -2.21. The maximum Gasteiger partial charge on any atom is 0.251 e. The van der Waals surface area contributed by atoms with Gasteiger partial charge in [0.25, 0.3) is 5.91 Å². The summed E-state index contributed by atoms with van der Waals surface area (Å²) in [6, 6.07) is 7.94. The lowest BCUT2D eigenvalue weighted by molar-refractivity contribution is 0.0949. The van der Waals surface area contributed by atoms with Crippen LogP contribution in [0.1, 0.15) is 78.0 Å². The zero-order valence-corrected chi connectivity index (χ0v) is 15.0. The van der Waals surface area contributed by atoms with Gasteiger partial charge in [-0.2, -0.15) is 4.98 Å². The summed E-state index contributed by atoms with van der Waals surface area (Å²) in [5.74, 6) is 2.06. The minimum Gasteiger partial charge on any atom is -0.345 e. The Morgan fingerprint density at radius 3 is 2.85 bits per heavy atom. The van der Waals surface area contributed by atoms with Crippen molar-refractivity contribution in [1.82, 2.24) is 20.8 Å². The molecule has 1 aliphatic heterocycles. The Morgan fingerprint density at radius 1 is 1.19 bits per heavy atom. The molecule has 1 aromatic carbocycles. The van der Waals surface area contributed by atoms with Crippen LogP contribution in [-0.4, -0.2) is 29.1 Å². The van der Waals surface area contributed by atoms with Gasteiger partial charge in [-0.1, -0.05) is 30.1 Å². The van der Waals surface area contributed by atoms with E-state index in [4.69, 9.17) is 4.52 Å². The summed E-state index contributed by atoms with van der Waals surface area (Å²) in [7, 11) is 0. The topological polar surface area (TPSA) is 80.1 Å². The highest BCUT2D eigenvalue weighted by molar-refractivity contribution is 5.94. The van der Waals surface area contributed by atoms with Gasteiger partial charge in [0.1, 0.15) is 0 Å². The van der Waals surface area contributed by atoms with Crippen LogP contribution in [-0.2, 0) is 6.54 Å². The van der Waals surface area contributed by atoms with Gasteiger partial charge in [0.2, 0.25) is 5.89 Å². The van der Waals surface area contributed by atoms with Crippen LogP contribution in [0.5, 0.6) is 0 Å². The third-order valence-corrected chi connectivity index (χ3v) is 5.51. The van der Waals surface area contributed by atoms with Crippen molar-refractivity contribution in [1.29, 1.82) is 0 Å². The molecule has 0 unspecified atom stereocenters. The molecule has 1 saturated carbocycles. The van der Waals surface area contributed by atoms with Crippen LogP contribution in [0, 0.1) is 0 Å². The van der Waals surface area contributed by atoms with Gasteiger partial charge in [0.15, 0.2) is 5.82 Å². The van der Waals surface area contributed by atoms with E-state index in [9.17, 15) is 4.79 Å². The molecule has 2 fully saturated rings. The summed E-state index contributed by atoms with van der Waals surface area (Å²) >= 11 is 0. The lowest BCUT2D eigenvalue weighted by Crippen LogP contribution is -2.28. The van der Waals surface area contributed by atoms with E-state index in [1.807, 2.05) is 18.2 Å². The van der Waals surface area contributed by atoms with Crippen molar-refractivity contribution in [2.24, 2.45) is 0 Å². The molecule has 0 spiro atoms. The largest absolute Gasteiger partial charge is 0.345 e. The van der Waals surface area contributed by atoms with E-state index in [2.05, 4.69) is 26.8 Å². The molecular formula is C20H26N4O2. The third-order valence-electron chi connectivity index (χ3n) is 5.51. The summed E-state index contributed by atoms with van der Waals surface area (Å²) in [5.41, 5.74) is 1.92. The summed E-state index contributed by atoms with van der Waals surface area (Å²) in [6.07, 6.45) is 7.05. The van der Waals surface area contributed by atoms with Crippen LogP contribution >= 0.6 is 0 Å². The van der Waals surface area contributed by atoms with Gasteiger partial charge in [-0.15, -0.1) is 0 Å². The van der Waals surface area contributed by atoms with Crippen molar-refractivity contribution in [3.05, 3.63) is 47.1 Å². The van der Waals surface area contributed by atoms with Gasteiger partial charge in [-0.3, -0.25) is 4.79 Å². The van der Waals surface area contributed by atoms with E-state index in [0.29, 0.717) is 29.8 Å². The molecule has 2 aromatic rings. The molecule has 6 heteroatoms. The second kappa shape index (κ2) is 7.99. The SMILES string of the molecule is O=C(NCc1noc(C2CCCC2)n1)c1cccc([C@@H]2CCCNC2)c1. The highest BCUT2D eigenvalue weighted by Gasteiger charge is 2.23. The zero-order valence-electron chi connectivity index (χ0n) is 15.0. The number of aromatic nitrogens is 2. The molecule has 6 nitrogen and oxygen atoms in total. The number of rotatable bonds is 5. The van der Waals surface area contributed by atoms with Crippen molar-refractivity contribution in [3.8, 4) is 0 Å². The van der Waals surface area contributed by atoms with Gasteiger partial charge < -0.3 is 15.2 Å². The Labute approximate surface area is 153 Å². The fraction of sp³-hybridized carbons (Fsp3) is 0.550. The number of nitrogens with zero attached hydrogens (tertiary/aromatic N) is 2. The van der Waals surface area contributed by atoms with Crippen LogP contribution in [0.2, 0.25) is 0 Å². The van der Waals surface area contributed by atoms with E-state index in [1.165, 1.54) is 31.2 Å². The van der Waals surface area contributed by atoms with E-state index < -0.39 is 0 Å². The minimum absolute atomic E-state index is 0.0946. The molecule has 2 heterocycles. The number of hydrogen-bond donors (Lipinski definition) is 2. The van der Waals surface area contributed by atoms with Crippen molar-refractivity contribution in [3.63, 3.8) is 0 Å². The molecule has 138 valence electrons. The van der Waals surface area contributed by atoms with E-state index >= 15 is 0 Å².